The molecule has 0 spiro atoms. The van der Waals surface area contributed by atoms with Crippen LogP contribution in [0.5, 0.6) is 0 Å². The van der Waals surface area contributed by atoms with E-state index in [1.807, 2.05) is 11.9 Å². The molecule has 1 aromatic rings. The Morgan fingerprint density at radius 3 is 3.25 bits per heavy atom. The largest absolute Gasteiger partial charge is 0.358 e. The van der Waals surface area contributed by atoms with Gasteiger partial charge in [-0.1, -0.05) is 0 Å². The van der Waals surface area contributed by atoms with Gasteiger partial charge in [-0.2, -0.15) is 9.37 Å². The number of aromatic nitrogens is 2. The molecule has 0 N–H and O–H groups in total. The quantitative estimate of drug-likeness (QED) is 0.577. The van der Waals surface area contributed by atoms with Crippen molar-refractivity contribution in [2.45, 2.75) is 12.8 Å². The number of nitrogens with zero attached hydrogens (tertiary/aromatic N) is 3. The van der Waals surface area contributed by atoms with Crippen LogP contribution in [0.4, 0.5) is 10.2 Å². The second-order valence-corrected chi connectivity index (χ2v) is 2.99. The van der Waals surface area contributed by atoms with Crippen LogP contribution in [0.25, 0.3) is 0 Å². The van der Waals surface area contributed by atoms with Gasteiger partial charge < -0.3 is 4.90 Å². The smallest absolute Gasteiger partial charge is 0.233 e. The van der Waals surface area contributed by atoms with Gasteiger partial charge in [0.05, 0.1) is 11.9 Å². The molecule has 0 aliphatic carbocycles. The predicted octanol–water partition coefficient (Wildman–Crippen LogP) is 0.998. The van der Waals surface area contributed by atoms with Crippen LogP contribution < -0.4 is 4.90 Å². The molecule has 2 rings (SSSR count). The van der Waals surface area contributed by atoms with Gasteiger partial charge in [0, 0.05) is 13.6 Å². The molecule has 2 heterocycles. The van der Waals surface area contributed by atoms with E-state index in [2.05, 4.69) is 9.97 Å². The van der Waals surface area contributed by atoms with Crippen molar-refractivity contribution in [1.29, 1.82) is 0 Å². The van der Waals surface area contributed by atoms with E-state index >= 15 is 0 Å². The molecular formula is C8H10FN3. The predicted molar refractivity (Wildman–Crippen MR) is 43.6 cm³/mol. The highest BCUT2D eigenvalue weighted by Gasteiger charge is 2.16. The van der Waals surface area contributed by atoms with Crippen LogP contribution in [0, 0.1) is 5.95 Å². The van der Waals surface area contributed by atoms with Crippen molar-refractivity contribution in [1.82, 2.24) is 9.97 Å². The lowest BCUT2D eigenvalue weighted by Gasteiger charge is -2.24. The molecule has 0 saturated carbocycles. The monoisotopic (exact) mass is 167 g/mol. The minimum Gasteiger partial charge on any atom is -0.358 e. The molecule has 0 aromatic carbocycles. The van der Waals surface area contributed by atoms with E-state index < -0.39 is 5.95 Å². The first kappa shape index (κ1) is 7.46. The lowest BCUT2D eigenvalue weighted by Crippen LogP contribution is -2.26. The number of hydrogen-bond acceptors (Lipinski definition) is 3. The van der Waals surface area contributed by atoms with Crippen molar-refractivity contribution in [3.8, 4) is 0 Å². The third-order valence-corrected chi connectivity index (χ3v) is 2.07. The standard InChI is InChI=1S/C8H10FN3/c1-12-4-2-3-6-8(12)11-7(9)5-10-6/h5H,2-4H2,1H3. The summed E-state index contributed by atoms with van der Waals surface area (Å²) < 4.78 is 12.7. The van der Waals surface area contributed by atoms with E-state index in [0.29, 0.717) is 5.82 Å². The minimum atomic E-state index is -0.498. The summed E-state index contributed by atoms with van der Waals surface area (Å²) in [5.41, 5.74) is 0.908. The highest BCUT2D eigenvalue weighted by atomic mass is 19.1. The first-order chi connectivity index (χ1) is 5.77. The molecule has 12 heavy (non-hydrogen) atoms. The van der Waals surface area contributed by atoms with Gasteiger partial charge in [0.2, 0.25) is 5.95 Å². The lowest BCUT2D eigenvalue weighted by molar-refractivity contribution is 0.564. The molecule has 3 nitrogen and oxygen atoms in total. The van der Waals surface area contributed by atoms with Gasteiger partial charge in [0.1, 0.15) is 0 Å². The summed E-state index contributed by atoms with van der Waals surface area (Å²) in [4.78, 5) is 9.72. The fourth-order valence-corrected chi connectivity index (χ4v) is 1.46. The Morgan fingerprint density at radius 1 is 1.58 bits per heavy atom. The Bertz CT molecular complexity index is 300. The van der Waals surface area contributed by atoms with Crippen LogP contribution in [-0.2, 0) is 6.42 Å². The van der Waals surface area contributed by atoms with Gasteiger partial charge in [0.25, 0.3) is 0 Å². The fraction of sp³-hybridized carbons (Fsp3) is 0.500. The first-order valence-electron chi connectivity index (χ1n) is 4.00. The first-order valence-corrected chi connectivity index (χ1v) is 4.00. The second-order valence-electron chi connectivity index (χ2n) is 2.99. The highest BCUT2D eigenvalue weighted by Crippen LogP contribution is 2.20. The minimum absolute atomic E-state index is 0.498. The maximum absolute atomic E-state index is 12.7. The van der Waals surface area contributed by atoms with Crippen molar-refractivity contribution in [2.24, 2.45) is 0 Å². The molecule has 64 valence electrons. The summed E-state index contributed by atoms with van der Waals surface area (Å²) in [6, 6.07) is 0. The number of aryl methyl sites for hydroxylation is 1. The van der Waals surface area contributed by atoms with Gasteiger partial charge in [0.15, 0.2) is 5.82 Å². The molecule has 1 aliphatic rings. The summed E-state index contributed by atoms with van der Waals surface area (Å²) in [7, 11) is 1.91. The highest BCUT2D eigenvalue weighted by molar-refractivity contribution is 5.44. The van der Waals surface area contributed by atoms with Crippen LogP contribution in [-0.4, -0.2) is 23.6 Å². The van der Waals surface area contributed by atoms with Gasteiger partial charge in [-0.3, -0.25) is 4.98 Å². The average molecular weight is 167 g/mol. The maximum atomic E-state index is 12.7. The van der Waals surface area contributed by atoms with Gasteiger partial charge >= 0.3 is 0 Å². The Hall–Kier alpha value is -1.19. The SMILES string of the molecule is CN1CCCc2ncc(F)nc21. The van der Waals surface area contributed by atoms with E-state index in [9.17, 15) is 4.39 Å². The average Bonchev–Trinajstić information content (AvgIpc) is 2.07. The molecule has 0 amide bonds. The van der Waals surface area contributed by atoms with Crippen molar-refractivity contribution < 1.29 is 4.39 Å². The summed E-state index contributed by atoms with van der Waals surface area (Å²) in [5, 5.41) is 0. The molecule has 0 bridgehead atoms. The zero-order valence-corrected chi connectivity index (χ0v) is 6.92. The summed E-state index contributed by atoms with van der Waals surface area (Å²) >= 11 is 0. The fourth-order valence-electron chi connectivity index (χ4n) is 1.46. The Kier molecular flexibility index (Phi) is 1.67. The molecule has 0 unspecified atom stereocenters. The van der Waals surface area contributed by atoms with Gasteiger partial charge in [-0.15, -0.1) is 0 Å². The summed E-state index contributed by atoms with van der Waals surface area (Å²) in [6.07, 6.45) is 3.16. The molecule has 0 saturated heterocycles. The third kappa shape index (κ3) is 1.13. The van der Waals surface area contributed by atoms with E-state index in [0.717, 1.165) is 25.1 Å². The molecule has 4 heteroatoms. The second kappa shape index (κ2) is 2.69. The van der Waals surface area contributed by atoms with Crippen LogP contribution in [0.1, 0.15) is 12.1 Å². The number of fused-ring (bicyclic) bond motifs is 1. The van der Waals surface area contributed by atoms with E-state index in [1.54, 1.807) is 0 Å². The van der Waals surface area contributed by atoms with E-state index in [-0.39, 0.29) is 0 Å². The van der Waals surface area contributed by atoms with Crippen LogP contribution in [0.3, 0.4) is 0 Å². The molecule has 0 atom stereocenters. The normalized spacial score (nSPS) is 16.0. The maximum Gasteiger partial charge on any atom is 0.233 e. The molecule has 1 aromatic heterocycles. The van der Waals surface area contributed by atoms with Crippen molar-refractivity contribution >= 4 is 5.82 Å². The molecule has 1 aliphatic heterocycles. The Morgan fingerprint density at radius 2 is 2.42 bits per heavy atom. The van der Waals surface area contributed by atoms with Crippen molar-refractivity contribution in [3.63, 3.8) is 0 Å². The van der Waals surface area contributed by atoms with Crippen molar-refractivity contribution in [3.05, 3.63) is 17.8 Å². The summed E-state index contributed by atoms with van der Waals surface area (Å²) in [6.45, 7) is 0.936. The molecular weight excluding hydrogens is 157 g/mol. The van der Waals surface area contributed by atoms with Gasteiger partial charge in [-0.25, -0.2) is 0 Å². The van der Waals surface area contributed by atoms with Crippen LogP contribution in [0.15, 0.2) is 6.20 Å². The Balaban J connectivity index is 2.47. The van der Waals surface area contributed by atoms with E-state index in [1.165, 1.54) is 6.20 Å². The summed E-state index contributed by atoms with van der Waals surface area (Å²) in [5.74, 6) is 0.198. The van der Waals surface area contributed by atoms with E-state index in [4.69, 9.17) is 0 Å². The third-order valence-electron chi connectivity index (χ3n) is 2.07. The number of halogens is 1. The number of hydrogen-bond donors (Lipinski definition) is 0. The lowest BCUT2D eigenvalue weighted by atomic mass is 10.1. The van der Waals surface area contributed by atoms with Crippen LogP contribution in [0.2, 0.25) is 0 Å². The Labute approximate surface area is 70.3 Å². The zero-order valence-electron chi connectivity index (χ0n) is 6.92. The number of rotatable bonds is 0. The molecule has 0 radical (unpaired) electrons. The van der Waals surface area contributed by atoms with Crippen molar-refractivity contribution in [2.75, 3.05) is 18.5 Å². The van der Waals surface area contributed by atoms with Crippen LogP contribution >= 0.6 is 0 Å². The zero-order chi connectivity index (χ0) is 8.55. The topological polar surface area (TPSA) is 29.0 Å². The number of anilines is 1. The molecule has 0 fully saturated rings. The van der Waals surface area contributed by atoms with Gasteiger partial charge in [-0.05, 0) is 12.8 Å².